The van der Waals surface area contributed by atoms with E-state index < -0.39 is 11.6 Å². The molecule has 0 aliphatic heterocycles. The third kappa shape index (κ3) is 6.24. The Morgan fingerprint density at radius 2 is 1.87 bits per heavy atom. The van der Waals surface area contributed by atoms with Gasteiger partial charge in [-0.05, 0) is 45.3 Å². The van der Waals surface area contributed by atoms with Crippen LogP contribution in [-0.2, 0) is 29.1 Å². The van der Waals surface area contributed by atoms with Crippen LogP contribution in [-0.4, -0.2) is 17.1 Å². The molecule has 8 heteroatoms. The average molecular weight is 492 g/mol. The van der Waals surface area contributed by atoms with Crippen molar-refractivity contribution in [3.05, 3.63) is 97.9 Å². The second kappa shape index (κ2) is 10.3. The van der Waals surface area contributed by atoms with Gasteiger partial charge in [0.05, 0.1) is 13.2 Å². The van der Waals surface area contributed by atoms with Crippen LogP contribution in [0.1, 0.15) is 23.6 Å². The number of benzene rings is 2. The number of rotatable bonds is 8. The highest BCUT2D eigenvalue weighted by molar-refractivity contribution is 9.10. The van der Waals surface area contributed by atoms with E-state index in [4.69, 9.17) is 9.47 Å². The number of carbonyl (C=O) groups is 1. The van der Waals surface area contributed by atoms with E-state index >= 15 is 0 Å². The van der Waals surface area contributed by atoms with Gasteiger partial charge < -0.3 is 14.0 Å². The Labute approximate surface area is 186 Å². The highest BCUT2D eigenvalue weighted by atomic mass is 79.9. The molecule has 0 bridgehead atoms. The number of halogens is 3. The standard InChI is InChI=1S/C23H20BrF2NO4/c1-15(28)30-10-8-16-3-2-4-17(11-16)13-27-9-7-21(22(24)23(27)29)31-14-18-5-6-19(25)12-20(18)26/h2-7,9,11-12H,8,10,13-14H2,1H3. The number of carbonyl (C=O) groups excluding carboxylic acids is 1. The van der Waals surface area contributed by atoms with Crippen LogP contribution in [0.3, 0.4) is 0 Å². The van der Waals surface area contributed by atoms with Crippen molar-refractivity contribution < 1.29 is 23.0 Å². The molecule has 0 atom stereocenters. The minimum absolute atomic E-state index is 0.140. The lowest BCUT2D eigenvalue weighted by molar-refractivity contribution is -0.140. The van der Waals surface area contributed by atoms with Gasteiger partial charge in [0.2, 0.25) is 0 Å². The molecule has 0 N–H and O–H groups in total. The van der Waals surface area contributed by atoms with Gasteiger partial charge in [-0.3, -0.25) is 9.59 Å². The van der Waals surface area contributed by atoms with Gasteiger partial charge in [0, 0.05) is 31.2 Å². The molecule has 0 radical (unpaired) electrons. The van der Waals surface area contributed by atoms with Crippen molar-refractivity contribution in [2.24, 2.45) is 0 Å². The Hall–Kier alpha value is -3.00. The fraction of sp³-hybridized carbons (Fsp3) is 0.217. The van der Waals surface area contributed by atoms with Crippen molar-refractivity contribution >= 4 is 21.9 Å². The van der Waals surface area contributed by atoms with Gasteiger partial charge in [-0.25, -0.2) is 8.78 Å². The molecule has 0 fully saturated rings. The van der Waals surface area contributed by atoms with Crippen LogP contribution in [0.15, 0.2) is 64.0 Å². The number of ether oxygens (including phenoxy) is 2. The molecule has 0 aliphatic rings. The predicted molar refractivity (Wildman–Crippen MR) is 115 cm³/mol. The van der Waals surface area contributed by atoms with Crippen LogP contribution < -0.4 is 10.3 Å². The lowest BCUT2D eigenvalue weighted by Crippen LogP contribution is -2.21. The summed E-state index contributed by atoms with van der Waals surface area (Å²) in [5.41, 5.74) is 1.79. The topological polar surface area (TPSA) is 57.5 Å². The molecule has 1 heterocycles. The van der Waals surface area contributed by atoms with Crippen LogP contribution >= 0.6 is 15.9 Å². The molecule has 0 aliphatic carbocycles. The summed E-state index contributed by atoms with van der Waals surface area (Å²) in [6, 6.07) is 12.5. The molecule has 0 amide bonds. The molecule has 3 rings (SSSR count). The minimum Gasteiger partial charge on any atom is -0.487 e. The molecule has 0 unspecified atom stereocenters. The summed E-state index contributed by atoms with van der Waals surface area (Å²) in [6.07, 6.45) is 2.17. The predicted octanol–water partition coefficient (Wildman–Crippen LogP) is 4.62. The maximum Gasteiger partial charge on any atom is 0.302 e. The number of esters is 1. The first-order chi connectivity index (χ1) is 14.8. The molecule has 0 spiro atoms. The van der Waals surface area contributed by atoms with E-state index in [0.717, 1.165) is 23.3 Å². The van der Waals surface area contributed by atoms with E-state index in [1.54, 1.807) is 12.3 Å². The van der Waals surface area contributed by atoms with E-state index in [1.807, 2.05) is 24.3 Å². The molecule has 162 valence electrons. The number of hydrogen-bond acceptors (Lipinski definition) is 4. The lowest BCUT2D eigenvalue weighted by Gasteiger charge is -2.12. The largest absolute Gasteiger partial charge is 0.487 e. The van der Waals surface area contributed by atoms with Gasteiger partial charge in [0.1, 0.15) is 28.5 Å². The fourth-order valence-electron chi connectivity index (χ4n) is 2.95. The van der Waals surface area contributed by atoms with Crippen molar-refractivity contribution in [2.75, 3.05) is 6.61 Å². The summed E-state index contributed by atoms with van der Waals surface area (Å²) < 4.78 is 39.0. The molecular formula is C23H20BrF2NO4. The molecule has 31 heavy (non-hydrogen) atoms. The van der Waals surface area contributed by atoms with Gasteiger partial charge in [-0.15, -0.1) is 0 Å². The normalized spacial score (nSPS) is 10.7. The number of hydrogen-bond donors (Lipinski definition) is 0. The maximum absolute atomic E-state index is 13.8. The van der Waals surface area contributed by atoms with E-state index in [0.29, 0.717) is 19.6 Å². The van der Waals surface area contributed by atoms with Gasteiger partial charge >= 0.3 is 5.97 Å². The average Bonchev–Trinajstić information content (AvgIpc) is 2.72. The number of nitrogens with zero attached hydrogens (tertiary/aromatic N) is 1. The van der Waals surface area contributed by atoms with Gasteiger partial charge in [0.25, 0.3) is 5.56 Å². The highest BCUT2D eigenvalue weighted by Gasteiger charge is 2.11. The fourth-order valence-corrected chi connectivity index (χ4v) is 3.43. The summed E-state index contributed by atoms with van der Waals surface area (Å²) >= 11 is 3.25. The van der Waals surface area contributed by atoms with Gasteiger partial charge in [-0.2, -0.15) is 0 Å². The zero-order valence-electron chi connectivity index (χ0n) is 16.7. The van der Waals surface area contributed by atoms with Crippen LogP contribution in [0.25, 0.3) is 0 Å². The highest BCUT2D eigenvalue weighted by Crippen LogP contribution is 2.22. The first-order valence-corrected chi connectivity index (χ1v) is 10.3. The van der Waals surface area contributed by atoms with E-state index in [-0.39, 0.29) is 33.9 Å². The SMILES string of the molecule is CC(=O)OCCc1cccc(Cn2ccc(OCc3ccc(F)cc3F)c(Br)c2=O)c1. The van der Waals surface area contributed by atoms with Gasteiger partial charge in [0.15, 0.2) is 0 Å². The van der Waals surface area contributed by atoms with Crippen molar-refractivity contribution in [1.82, 2.24) is 4.57 Å². The van der Waals surface area contributed by atoms with E-state index in [2.05, 4.69) is 15.9 Å². The van der Waals surface area contributed by atoms with E-state index in [1.165, 1.54) is 17.6 Å². The third-order valence-corrected chi connectivity index (χ3v) is 5.24. The minimum atomic E-state index is -0.710. The van der Waals surface area contributed by atoms with Crippen LogP contribution in [0, 0.1) is 11.6 Å². The summed E-state index contributed by atoms with van der Waals surface area (Å²) in [6.45, 7) is 1.86. The summed E-state index contributed by atoms with van der Waals surface area (Å²) in [5, 5.41) is 0. The van der Waals surface area contributed by atoms with Crippen LogP contribution in [0.5, 0.6) is 5.75 Å². The van der Waals surface area contributed by atoms with Crippen molar-refractivity contribution in [1.29, 1.82) is 0 Å². The quantitative estimate of drug-likeness (QED) is 0.431. The lowest BCUT2D eigenvalue weighted by atomic mass is 10.1. The molecule has 0 saturated carbocycles. The maximum atomic E-state index is 13.8. The molecule has 0 saturated heterocycles. The van der Waals surface area contributed by atoms with Crippen LogP contribution in [0.4, 0.5) is 8.78 Å². The molecule has 1 aromatic heterocycles. The second-order valence-electron chi connectivity index (χ2n) is 6.86. The van der Waals surface area contributed by atoms with Crippen molar-refractivity contribution in [2.45, 2.75) is 26.5 Å². The molecule has 3 aromatic rings. The molecule has 5 nitrogen and oxygen atoms in total. The van der Waals surface area contributed by atoms with Crippen molar-refractivity contribution in [3.63, 3.8) is 0 Å². The summed E-state index contributed by atoms with van der Waals surface area (Å²) in [4.78, 5) is 23.6. The Bertz CT molecular complexity index is 1150. The number of pyridine rings is 1. The zero-order chi connectivity index (χ0) is 22.4. The van der Waals surface area contributed by atoms with Gasteiger partial charge in [-0.1, -0.05) is 24.3 Å². The third-order valence-electron chi connectivity index (χ3n) is 4.51. The monoisotopic (exact) mass is 491 g/mol. The Balaban J connectivity index is 1.69. The smallest absolute Gasteiger partial charge is 0.302 e. The second-order valence-corrected chi connectivity index (χ2v) is 7.65. The Morgan fingerprint density at radius 1 is 1.10 bits per heavy atom. The zero-order valence-corrected chi connectivity index (χ0v) is 18.3. The van der Waals surface area contributed by atoms with E-state index in [9.17, 15) is 18.4 Å². The summed E-state index contributed by atoms with van der Waals surface area (Å²) in [5.74, 6) is -1.43. The Morgan fingerprint density at radius 3 is 2.61 bits per heavy atom. The molecule has 2 aromatic carbocycles. The first-order valence-electron chi connectivity index (χ1n) is 9.50. The number of aromatic nitrogens is 1. The van der Waals surface area contributed by atoms with Crippen LogP contribution in [0.2, 0.25) is 0 Å². The molecular weight excluding hydrogens is 472 g/mol. The Kier molecular flexibility index (Phi) is 7.57. The van der Waals surface area contributed by atoms with Crippen molar-refractivity contribution in [3.8, 4) is 5.75 Å². The first kappa shape index (κ1) is 22.7. The summed E-state index contributed by atoms with van der Waals surface area (Å²) in [7, 11) is 0.